The molecule has 1 heterocycles. The third kappa shape index (κ3) is 2.11. The van der Waals surface area contributed by atoms with Gasteiger partial charge in [-0.05, 0) is 23.1 Å². The molecule has 3 heteroatoms. The molecule has 0 spiro atoms. The summed E-state index contributed by atoms with van der Waals surface area (Å²) in [5, 5.41) is 9.67. The molecule has 17 heavy (non-hydrogen) atoms. The van der Waals surface area contributed by atoms with Crippen LogP contribution in [0.4, 0.5) is 0 Å². The molecule has 0 aliphatic carbocycles. The van der Waals surface area contributed by atoms with Crippen molar-refractivity contribution in [3.63, 3.8) is 0 Å². The molecular weight excluding hydrogens is 214 g/mol. The molecule has 90 valence electrons. The second-order valence-corrected chi connectivity index (χ2v) is 5.31. The number of nitrogens with one attached hydrogen (secondary N) is 1. The standard InChI is InChI=1S/C14H17NO2/c1-14(2,3)10-4-5-11-12(6-10)15-7-9(8-16)13(11)17/h4-7,16H,8H2,1-3H3,(H,15,17). The zero-order chi connectivity index (χ0) is 12.6. The van der Waals surface area contributed by atoms with Crippen molar-refractivity contribution < 1.29 is 5.11 Å². The summed E-state index contributed by atoms with van der Waals surface area (Å²) in [6.07, 6.45) is 1.58. The number of rotatable bonds is 1. The summed E-state index contributed by atoms with van der Waals surface area (Å²) in [6, 6.07) is 5.80. The zero-order valence-electron chi connectivity index (χ0n) is 10.4. The minimum Gasteiger partial charge on any atom is -0.391 e. The molecule has 0 saturated carbocycles. The average Bonchev–Trinajstić information content (AvgIpc) is 2.28. The maximum absolute atomic E-state index is 11.9. The lowest BCUT2D eigenvalue weighted by Gasteiger charge is -2.19. The quantitative estimate of drug-likeness (QED) is 0.791. The van der Waals surface area contributed by atoms with E-state index in [9.17, 15) is 4.79 Å². The summed E-state index contributed by atoms with van der Waals surface area (Å²) in [7, 11) is 0. The van der Waals surface area contributed by atoms with Gasteiger partial charge in [0.25, 0.3) is 0 Å². The van der Waals surface area contributed by atoms with Gasteiger partial charge in [0.1, 0.15) is 0 Å². The molecule has 0 radical (unpaired) electrons. The van der Waals surface area contributed by atoms with Gasteiger partial charge in [-0.3, -0.25) is 4.79 Å². The number of H-pyrrole nitrogens is 1. The first kappa shape index (κ1) is 11.9. The van der Waals surface area contributed by atoms with E-state index in [1.54, 1.807) is 6.20 Å². The summed E-state index contributed by atoms with van der Waals surface area (Å²) < 4.78 is 0. The number of aliphatic hydroxyl groups excluding tert-OH is 1. The number of aromatic nitrogens is 1. The van der Waals surface area contributed by atoms with Crippen molar-refractivity contribution in [2.75, 3.05) is 0 Å². The number of hydrogen-bond donors (Lipinski definition) is 2. The Balaban J connectivity index is 2.70. The highest BCUT2D eigenvalue weighted by molar-refractivity contribution is 5.79. The van der Waals surface area contributed by atoms with E-state index in [0.717, 1.165) is 5.52 Å². The Hall–Kier alpha value is -1.61. The number of aliphatic hydroxyl groups is 1. The average molecular weight is 231 g/mol. The maximum Gasteiger partial charge on any atom is 0.194 e. The number of benzene rings is 1. The van der Waals surface area contributed by atoms with Crippen molar-refractivity contribution in [1.29, 1.82) is 0 Å². The first-order valence-corrected chi connectivity index (χ1v) is 5.69. The molecule has 0 aliphatic rings. The van der Waals surface area contributed by atoms with Gasteiger partial charge in [-0.1, -0.05) is 26.8 Å². The van der Waals surface area contributed by atoms with E-state index in [2.05, 4.69) is 25.8 Å². The third-order valence-corrected chi connectivity index (χ3v) is 2.99. The van der Waals surface area contributed by atoms with Crippen LogP contribution in [0.2, 0.25) is 0 Å². The van der Waals surface area contributed by atoms with Gasteiger partial charge in [0, 0.05) is 22.7 Å². The van der Waals surface area contributed by atoms with Gasteiger partial charge in [-0.15, -0.1) is 0 Å². The largest absolute Gasteiger partial charge is 0.391 e. The minimum absolute atomic E-state index is 0.0563. The van der Waals surface area contributed by atoms with Crippen molar-refractivity contribution in [3.8, 4) is 0 Å². The van der Waals surface area contributed by atoms with Crippen molar-refractivity contribution >= 4 is 10.9 Å². The third-order valence-electron chi connectivity index (χ3n) is 2.99. The first-order valence-electron chi connectivity index (χ1n) is 5.69. The first-order chi connectivity index (χ1) is 7.93. The molecule has 2 N–H and O–H groups in total. The molecule has 3 nitrogen and oxygen atoms in total. The molecule has 0 aliphatic heterocycles. The van der Waals surface area contributed by atoms with E-state index in [1.807, 2.05) is 18.2 Å². The monoisotopic (exact) mass is 231 g/mol. The summed E-state index contributed by atoms with van der Waals surface area (Å²) in [4.78, 5) is 15.0. The highest BCUT2D eigenvalue weighted by Gasteiger charge is 2.14. The van der Waals surface area contributed by atoms with E-state index in [0.29, 0.717) is 10.9 Å². The fraction of sp³-hybridized carbons (Fsp3) is 0.357. The van der Waals surface area contributed by atoms with Gasteiger partial charge in [0.05, 0.1) is 6.61 Å². The number of fused-ring (bicyclic) bond motifs is 1. The topological polar surface area (TPSA) is 53.1 Å². The Kier molecular flexibility index (Phi) is 2.79. The summed E-state index contributed by atoms with van der Waals surface area (Å²) in [5.74, 6) is 0. The summed E-state index contributed by atoms with van der Waals surface area (Å²) >= 11 is 0. The van der Waals surface area contributed by atoms with Crippen LogP contribution >= 0.6 is 0 Å². The van der Waals surface area contributed by atoms with Crippen LogP contribution in [0, 0.1) is 0 Å². The molecule has 2 aromatic rings. The van der Waals surface area contributed by atoms with Gasteiger partial charge >= 0.3 is 0 Å². The fourth-order valence-electron chi connectivity index (χ4n) is 1.85. The van der Waals surface area contributed by atoms with E-state index < -0.39 is 0 Å². The molecule has 0 atom stereocenters. The maximum atomic E-state index is 11.9. The van der Waals surface area contributed by atoms with E-state index in [1.165, 1.54) is 5.56 Å². The van der Waals surface area contributed by atoms with Crippen LogP contribution in [0.1, 0.15) is 31.9 Å². The zero-order valence-corrected chi connectivity index (χ0v) is 10.4. The lowest BCUT2D eigenvalue weighted by molar-refractivity contribution is 0.280. The SMILES string of the molecule is CC(C)(C)c1ccc2c(=O)c(CO)c[nH]c2c1. The number of aromatic amines is 1. The Labute approximate surface area is 100 Å². The smallest absolute Gasteiger partial charge is 0.194 e. The van der Waals surface area contributed by atoms with Crippen LogP contribution in [0.15, 0.2) is 29.2 Å². The Morgan fingerprint density at radius 1 is 1.29 bits per heavy atom. The van der Waals surface area contributed by atoms with Crippen LogP contribution in [-0.2, 0) is 12.0 Å². The number of pyridine rings is 1. The van der Waals surface area contributed by atoms with E-state index in [-0.39, 0.29) is 17.5 Å². The molecule has 2 rings (SSSR count). The van der Waals surface area contributed by atoms with Crippen LogP contribution in [-0.4, -0.2) is 10.1 Å². The van der Waals surface area contributed by atoms with Gasteiger partial charge in [0.15, 0.2) is 5.43 Å². The molecule has 1 aromatic carbocycles. The molecule has 0 bridgehead atoms. The van der Waals surface area contributed by atoms with E-state index in [4.69, 9.17) is 5.11 Å². The van der Waals surface area contributed by atoms with Crippen LogP contribution in [0.5, 0.6) is 0 Å². The lowest BCUT2D eigenvalue weighted by atomic mass is 9.86. The minimum atomic E-state index is -0.230. The Morgan fingerprint density at radius 3 is 2.59 bits per heavy atom. The molecular formula is C14H17NO2. The van der Waals surface area contributed by atoms with Gasteiger partial charge in [-0.25, -0.2) is 0 Å². The lowest BCUT2D eigenvalue weighted by Crippen LogP contribution is -2.13. The second-order valence-electron chi connectivity index (χ2n) is 5.31. The predicted molar refractivity (Wildman–Crippen MR) is 69.2 cm³/mol. The molecule has 0 amide bonds. The predicted octanol–water partition coefficient (Wildman–Crippen LogP) is 2.32. The van der Waals surface area contributed by atoms with Gasteiger partial charge < -0.3 is 10.1 Å². The van der Waals surface area contributed by atoms with E-state index >= 15 is 0 Å². The molecule has 0 unspecified atom stereocenters. The van der Waals surface area contributed by atoms with Crippen LogP contribution in [0.25, 0.3) is 10.9 Å². The highest BCUT2D eigenvalue weighted by Crippen LogP contribution is 2.24. The molecule has 0 fully saturated rings. The van der Waals surface area contributed by atoms with Crippen molar-refractivity contribution in [3.05, 3.63) is 45.7 Å². The Bertz CT molecular complexity index is 606. The Morgan fingerprint density at radius 2 is 2.00 bits per heavy atom. The van der Waals surface area contributed by atoms with Crippen LogP contribution in [0.3, 0.4) is 0 Å². The summed E-state index contributed by atoms with van der Waals surface area (Å²) in [6.45, 7) is 6.17. The number of hydrogen-bond acceptors (Lipinski definition) is 2. The van der Waals surface area contributed by atoms with Gasteiger partial charge in [-0.2, -0.15) is 0 Å². The fourth-order valence-corrected chi connectivity index (χ4v) is 1.85. The van der Waals surface area contributed by atoms with Gasteiger partial charge in [0.2, 0.25) is 0 Å². The van der Waals surface area contributed by atoms with Crippen molar-refractivity contribution in [1.82, 2.24) is 4.98 Å². The highest BCUT2D eigenvalue weighted by atomic mass is 16.3. The summed E-state index contributed by atoms with van der Waals surface area (Å²) in [5.41, 5.74) is 2.36. The van der Waals surface area contributed by atoms with Crippen LogP contribution < -0.4 is 5.43 Å². The molecule has 0 saturated heterocycles. The molecule has 1 aromatic heterocycles. The van der Waals surface area contributed by atoms with Crippen molar-refractivity contribution in [2.45, 2.75) is 32.8 Å². The second kappa shape index (κ2) is 4.00. The normalized spacial score (nSPS) is 12.0. The van der Waals surface area contributed by atoms with Crippen molar-refractivity contribution in [2.24, 2.45) is 0 Å².